The van der Waals surface area contributed by atoms with Gasteiger partial charge in [-0.15, -0.1) is 0 Å². The minimum absolute atomic E-state index is 0.426. The van der Waals surface area contributed by atoms with Crippen LogP contribution in [0, 0.1) is 0 Å². The quantitative estimate of drug-likeness (QED) is 0.727. The molecule has 3 atom stereocenters. The van der Waals surface area contributed by atoms with Crippen LogP contribution in [0.2, 0.25) is 0 Å². The van der Waals surface area contributed by atoms with Crippen molar-refractivity contribution in [1.82, 2.24) is 5.32 Å². The van der Waals surface area contributed by atoms with Crippen molar-refractivity contribution in [2.24, 2.45) is 0 Å². The molecule has 2 heterocycles. The normalized spacial score (nSPS) is 24.1. The zero-order valence-corrected chi connectivity index (χ0v) is 13.7. The van der Waals surface area contributed by atoms with Crippen LogP contribution in [0.15, 0.2) is 78.9 Å². The van der Waals surface area contributed by atoms with Crippen molar-refractivity contribution in [3.05, 3.63) is 107 Å². The minimum atomic E-state index is 0.426. The van der Waals surface area contributed by atoms with Gasteiger partial charge in [-0.05, 0) is 40.7 Å². The largest absolute Gasteiger partial charge is 0.306 e. The van der Waals surface area contributed by atoms with E-state index in [0.29, 0.717) is 18.0 Å². The van der Waals surface area contributed by atoms with E-state index in [2.05, 4.69) is 84.2 Å². The average Bonchev–Trinajstić information content (AvgIpc) is 2.87. The third-order valence-electron chi connectivity index (χ3n) is 5.64. The fraction of sp³-hybridized carbons (Fsp3) is 0.217. The molecule has 3 aliphatic rings. The summed E-state index contributed by atoms with van der Waals surface area (Å²) >= 11 is 0. The monoisotopic (exact) mass is 311 g/mol. The standard InChI is InChI=1S/C23H21N/c1-2-8-16(9-3-1)14-22-23-18-11-5-4-10-17(18)15-21(24-22)19-12-6-7-13-20(19)23/h1-13,21-24H,14-15H2/t21-,22-,23+/m0/s1. The first kappa shape index (κ1) is 14.0. The molecule has 1 aliphatic carbocycles. The van der Waals surface area contributed by atoms with Crippen LogP contribution in [0.1, 0.15) is 39.8 Å². The van der Waals surface area contributed by atoms with Crippen LogP contribution in [0.4, 0.5) is 0 Å². The van der Waals surface area contributed by atoms with Gasteiger partial charge in [0.15, 0.2) is 0 Å². The molecule has 0 aromatic heterocycles. The van der Waals surface area contributed by atoms with E-state index in [4.69, 9.17) is 0 Å². The Bertz CT molecular complexity index is 868. The van der Waals surface area contributed by atoms with Crippen molar-refractivity contribution in [3.63, 3.8) is 0 Å². The van der Waals surface area contributed by atoms with Crippen LogP contribution in [0.3, 0.4) is 0 Å². The Morgan fingerprint density at radius 3 is 2.21 bits per heavy atom. The predicted octanol–water partition coefficient (Wildman–Crippen LogP) is 4.63. The fourth-order valence-electron chi connectivity index (χ4n) is 4.61. The molecule has 1 N–H and O–H groups in total. The van der Waals surface area contributed by atoms with E-state index in [0.717, 1.165) is 12.8 Å². The maximum absolute atomic E-state index is 3.97. The molecule has 0 amide bonds. The maximum Gasteiger partial charge on any atom is 0.0366 e. The molecule has 0 radical (unpaired) electrons. The molecule has 2 aliphatic heterocycles. The average molecular weight is 311 g/mol. The van der Waals surface area contributed by atoms with Crippen molar-refractivity contribution < 1.29 is 0 Å². The second-order valence-electron chi connectivity index (χ2n) is 7.02. The molecular formula is C23H21N. The number of benzene rings is 3. The molecule has 1 heteroatoms. The summed E-state index contributed by atoms with van der Waals surface area (Å²) in [5.74, 6) is 0.441. The Labute approximate surface area is 143 Å². The van der Waals surface area contributed by atoms with Gasteiger partial charge in [0.2, 0.25) is 0 Å². The van der Waals surface area contributed by atoms with Crippen LogP contribution in [-0.2, 0) is 12.8 Å². The molecule has 0 spiro atoms. The molecule has 0 unspecified atom stereocenters. The number of nitrogens with one attached hydrogen (secondary N) is 1. The van der Waals surface area contributed by atoms with Gasteiger partial charge in [-0.3, -0.25) is 0 Å². The number of hydrogen-bond donors (Lipinski definition) is 1. The van der Waals surface area contributed by atoms with Gasteiger partial charge in [0, 0.05) is 18.0 Å². The fourth-order valence-corrected chi connectivity index (χ4v) is 4.61. The van der Waals surface area contributed by atoms with E-state index in [1.54, 1.807) is 0 Å². The van der Waals surface area contributed by atoms with Gasteiger partial charge in [0.25, 0.3) is 0 Å². The molecule has 0 saturated carbocycles. The van der Waals surface area contributed by atoms with Gasteiger partial charge >= 0.3 is 0 Å². The molecular weight excluding hydrogens is 290 g/mol. The van der Waals surface area contributed by atoms with Gasteiger partial charge in [-0.2, -0.15) is 0 Å². The topological polar surface area (TPSA) is 12.0 Å². The lowest BCUT2D eigenvalue weighted by molar-refractivity contribution is 0.385. The van der Waals surface area contributed by atoms with Crippen LogP contribution in [-0.4, -0.2) is 6.04 Å². The van der Waals surface area contributed by atoms with Gasteiger partial charge in [-0.1, -0.05) is 78.9 Å². The molecule has 0 fully saturated rings. The summed E-state index contributed by atoms with van der Waals surface area (Å²) in [6.07, 6.45) is 2.17. The summed E-state index contributed by atoms with van der Waals surface area (Å²) in [6.45, 7) is 0. The van der Waals surface area contributed by atoms with Crippen LogP contribution in [0.5, 0.6) is 0 Å². The smallest absolute Gasteiger partial charge is 0.0366 e. The molecule has 6 rings (SSSR count). The third kappa shape index (κ3) is 2.20. The highest BCUT2D eigenvalue weighted by molar-refractivity contribution is 5.50. The van der Waals surface area contributed by atoms with Crippen molar-refractivity contribution in [2.75, 3.05) is 0 Å². The second kappa shape index (κ2) is 5.61. The van der Waals surface area contributed by atoms with Crippen molar-refractivity contribution in [2.45, 2.75) is 30.8 Å². The number of fused-ring (bicyclic) bond motifs is 1. The predicted molar refractivity (Wildman–Crippen MR) is 98.2 cm³/mol. The zero-order chi connectivity index (χ0) is 15.9. The molecule has 2 bridgehead atoms. The molecule has 3 aromatic carbocycles. The number of rotatable bonds is 2. The van der Waals surface area contributed by atoms with E-state index >= 15 is 0 Å². The Kier molecular flexibility index (Phi) is 3.27. The molecule has 1 nitrogen and oxygen atoms in total. The molecule has 3 aromatic rings. The highest BCUT2D eigenvalue weighted by atomic mass is 15.0. The summed E-state index contributed by atoms with van der Waals surface area (Å²) in [5.41, 5.74) is 7.44. The van der Waals surface area contributed by atoms with Gasteiger partial charge in [0.05, 0.1) is 0 Å². The lowest BCUT2D eigenvalue weighted by Crippen LogP contribution is -2.43. The van der Waals surface area contributed by atoms with E-state index in [1.807, 2.05) is 0 Å². The third-order valence-corrected chi connectivity index (χ3v) is 5.64. The van der Waals surface area contributed by atoms with E-state index in [-0.39, 0.29) is 0 Å². The highest BCUT2D eigenvalue weighted by Crippen LogP contribution is 2.45. The summed E-state index contributed by atoms with van der Waals surface area (Å²) in [7, 11) is 0. The van der Waals surface area contributed by atoms with Crippen LogP contribution in [0.25, 0.3) is 0 Å². The first-order valence-electron chi connectivity index (χ1n) is 8.87. The minimum Gasteiger partial charge on any atom is -0.306 e. The van der Waals surface area contributed by atoms with Crippen molar-refractivity contribution >= 4 is 0 Å². The Hall–Kier alpha value is -2.38. The SMILES string of the molecule is c1ccc(C[C@@H]2N[C@H]3Cc4ccccc4[C@@H]2c2ccccc23)cc1. The molecule has 118 valence electrons. The Morgan fingerprint density at radius 1 is 0.708 bits per heavy atom. The summed E-state index contributed by atoms with van der Waals surface area (Å²) in [5, 5.41) is 3.97. The van der Waals surface area contributed by atoms with Crippen LogP contribution >= 0.6 is 0 Å². The Balaban J connectivity index is 1.64. The zero-order valence-electron chi connectivity index (χ0n) is 13.7. The van der Waals surface area contributed by atoms with Gasteiger partial charge in [-0.25, -0.2) is 0 Å². The summed E-state index contributed by atoms with van der Waals surface area (Å²) in [6, 6.07) is 29.8. The lowest BCUT2D eigenvalue weighted by Gasteiger charge is -2.37. The van der Waals surface area contributed by atoms with E-state index < -0.39 is 0 Å². The first-order chi connectivity index (χ1) is 11.9. The summed E-state index contributed by atoms with van der Waals surface area (Å²) < 4.78 is 0. The van der Waals surface area contributed by atoms with E-state index in [1.165, 1.54) is 27.8 Å². The highest BCUT2D eigenvalue weighted by Gasteiger charge is 2.39. The maximum atomic E-state index is 3.97. The second-order valence-corrected chi connectivity index (χ2v) is 7.02. The summed E-state index contributed by atoms with van der Waals surface area (Å²) in [4.78, 5) is 0. The van der Waals surface area contributed by atoms with Crippen molar-refractivity contribution in [3.8, 4) is 0 Å². The van der Waals surface area contributed by atoms with Crippen LogP contribution < -0.4 is 5.32 Å². The lowest BCUT2D eigenvalue weighted by atomic mass is 9.78. The molecule has 24 heavy (non-hydrogen) atoms. The molecule has 0 saturated heterocycles. The first-order valence-corrected chi connectivity index (χ1v) is 8.87. The van der Waals surface area contributed by atoms with Gasteiger partial charge < -0.3 is 5.32 Å². The number of hydrogen-bond acceptors (Lipinski definition) is 1. The van der Waals surface area contributed by atoms with Gasteiger partial charge in [0.1, 0.15) is 0 Å². The van der Waals surface area contributed by atoms with E-state index in [9.17, 15) is 0 Å². The Morgan fingerprint density at radius 2 is 1.38 bits per heavy atom. The van der Waals surface area contributed by atoms with Crippen molar-refractivity contribution in [1.29, 1.82) is 0 Å².